The van der Waals surface area contributed by atoms with Gasteiger partial charge in [0.15, 0.2) is 0 Å². The number of hydrogen-bond acceptors (Lipinski definition) is 3. The maximum Gasteiger partial charge on any atom is 0.251 e. The van der Waals surface area contributed by atoms with Gasteiger partial charge in [-0.15, -0.1) is 0 Å². The van der Waals surface area contributed by atoms with Crippen molar-refractivity contribution in [2.75, 3.05) is 6.61 Å². The summed E-state index contributed by atoms with van der Waals surface area (Å²) in [7, 11) is 0. The van der Waals surface area contributed by atoms with E-state index in [0.717, 1.165) is 23.7 Å². The van der Waals surface area contributed by atoms with Crippen LogP contribution in [0.3, 0.4) is 0 Å². The Bertz CT molecular complexity index is 864. The van der Waals surface area contributed by atoms with Crippen LogP contribution in [-0.2, 0) is 12.8 Å². The van der Waals surface area contributed by atoms with Crippen molar-refractivity contribution in [3.8, 4) is 0 Å². The molecule has 0 saturated heterocycles. The van der Waals surface area contributed by atoms with E-state index in [0.29, 0.717) is 11.3 Å². The number of nitrogens with one attached hydrogen (secondary N) is 2. The number of aromatic amines is 1. The number of H-pyrrole nitrogens is 1. The zero-order chi connectivity index (χ0) is 16.5. The summed E-state index contributed by atoms with van der Waals surface area (Å²) in [5, 5.41) is 13.5. The van der Waals surface area contributed by atoms with Gasteiger partial charge in [-0.25, -0.2) is 0 Å². The summed E-state index contributed by atoms with van der Waals surface area (Å²) < 4.78 is 5.28. The molecule has 5 nitrogen and oxygen atoms in total. The van der Waals surface area contributed by atoms with Crippen molar-refractivity contribution in [3.05, 3.63) is 59.2 Å². The monoisotopic (exact) mass is 324 g/mol. The highest BCUT2D eigenvalue weighted by atomic mass is 16.3. The van der Waals surface area contributed by atoms with E-state index in [4.69, 9.17) is 4.42 Å². The van der Waals surface area contributed by atoms with E-state index in [2.05, 4.69) is 10.3 Å². The van der Waals surface area contributed by atoms with Gasteiger partial charge in [0.2, 0.25) is 0 Å². The SMILES string of the molecule is O=C(NC(CO)c1ccco1)c1ccc2[nH]c3c(c2c1)CCCC3. The molecule has 5 heteroatoms. The standard InChI is InChI=1S/C19H20N2O3/c22-11-17(18-6-3-9-24-18)21-19(23)12-7-8-16-14(10-12)13-4-1-2-5-15(13)20-16/h3,6-10,17,20,22H,1-2,4-5,11H2,(H,21,23). The number of carbonyl (C=O) groups is 1. The van der Waals surface area contributed by atoms with Crippen molar-refractivity contribution in [2.24, 2.45) is 0 Å². The van der Waals surface area contributed by atoms with Crippen LogP contribution in [0.2, 0.25) is 0 Å². The Labute approximate surface area is 139 Å². The predicted octanol–water partition coefficient (Wildman–Crippen LogP) is 3.10. The molecular formula is C19H20N2O3. The normalized spacial score (nSPS) is 15.2. The van der Waals surface area contributed by atoms with Crippen molar-refractivity contribution >= 4 is 16.8 Å². The van der Waals surface area contributed by atoms with Crippen molar-refractivity contribution in [2.45, 2.75) is 31.7 Å². The smallest absolute Gasteiger partial charge is 0.251 e. The fourth-order valence-corrected chi connectivity index (χ4v) is 3.49. The number of furan rings is 1. The molecule has 2 heterocycles. The van der Waals surface area contributed by atoms with Gasteiger partial charge in [0, 0.05) is 22.2 Å². The lowest BCUT2D eigenvalue weighted by Gasteiger charge is -2.14. The lowest BCUT2D eigenvalue weighted by Crippen LogP contribution is -2.30. The molecule has 3 aromatic rings. The average Bonchev–Trinajstić information content (AvgIpc) is 3.26. The van der Waals surface area contributed by atoms with Gasteiger partial charge >= 0.3 is 0 Å². The third kappa shape index (κ3) is 2.61. The molecular weight excluding hydrogens is 304 g/mol. The summed E-state index contributed by atoms with van der Waals surface area (Å²) in [6.45, 7) is -0.207. The molecule has 4 rings (SSSR count). The molecule has 2 aromatic heterocycles. The Morgan fingerprint density at radius 3 is 2.96 bits per heavy atom. The first-order chi connectivity index (χ1) is 11.8. The van der Waals surface area contributed by atoms with E-state index in [1.54, 1.807) is 12.1 Å². The van der Waals surface area contributed by atoms with Crippen LogP contribution < -0.4 is 5.32 Å². The lowest BCUT2D eigenvalue weighted by molar-refractivity contribution is 0.0907. The van der Waals surface area contributed by atoms with Gasteiger partial charge in [-0.1, -0.05) is 0 Å². The number of aromatic nitrogens is 1. The molecule has 0 saturated carbocycles. The number of amides is 1. The lowest BCUT2D eigenvalue weighted by atomic mass is 9.95. The Morgan fingerprint density at radius 2 is 2.17 bits per heavy atom. The van der Waals surface area contributed by atoms with Crippen LogP contribution in [0, 0.1) is 0 Å². The number of rotatable bonds is 4. The number of benzene rings is 1. The van der Waals surface area contributed by atoms with Gasteiger partial charge in [-0.2, -0.15) is 0 Å². The number of carbonyl (C=O) groups excluding carboxylic acids is 1. The fourth-order valence-electron chi connectivity index (χ4n) is 3.49. The molecule has 1 aliphatic rings. The fraction of sp³-hybridized carbons (Fsp3) is 0.316. The van der Waals surface area contributed by atoms with E-state index in [1.165, 1.54) is 30.4 Å². The molecule has 0 radical (unpaired) electrons. The maximum absolute atomic E-state index is 12.6. The Morgan fingerprint density at radius 1 is 1.29 bits per heavy atom. The van der Waals surface area contributed by atoms with Crippen molar-refractivity contribution < 1.29 is 14.3 Å². The first-order valence-corrected chi connectivity index (χ1v) is 8.35. The molecule has 0 bridgehead atoms. The van der Waals surface area contributed by atoms with Gasteiger partial charge in [-0.05, 0) is 61.6 Å². The van der Waals surface area contributed by atoms with E-state index in [-0.39, 0.29) is 12.5 Å². The summed E-state index contributed by atoms with van der Waals surface area (Å²) in [5.41, 5.74) is 4.33. The van der Waals surface area contributed by atoms with Crippen molar-refractivity contribution in [3.63, 3.8) is 0 Å². The average molecular weight is 324 g/mol. The van der Waals surface area contributed by atoms with Crippen LogP contribution in [0.15, 0.2) is 41.0 Å². The highest BCUT2D eigenvalue weighted by Crippen LogP contribution is 2.29. The zero-order valence-electron chi connectivity index (χ0n) is 13.3. The number of hydrogen-bond donors (Lipinski definition) is 3. The Hall–Kier alpha value is -2.53. The third-order valence-electron chi connectivity index (χ3n) is 4.73. The van der Waals surface area contributed by atoms with E-state index in [9.17, 15) is 9.90 Å². The minimum absolute atomic E-state index is 0.207. The van der Waals surface area contributed by atoms with E-state index in [1.807, 2.05) is 18.2 Å². The topological polar surface area (TPSA) is 78.3 Å². The first kappa shape index (κ1) is 15.0. The van der Waals surface area contributed by atoms with Gasteiger partial charge in [-0.3, -0.25) is 4.79 Å². The maximum atomic E-state index is 12.6. The number of aliphatic hydroxyl groups is 1. The Kier molecular flexibility index (Phi) is 3.86. The molecule has 1 amide bonds. The molecule has 1 aliphatic carbocycles. The summed E-state index contributed by atoms with van der Waals surface area (Å²) in [5.74, 6) is 0.337. The summed E-state index contributed by atoms with van der Waals surface area (Å²) in [4.78, 5) is 16.0. The summed E-state index contributed by atoms with van der Waals surface area (Å²) >= 11 is 0. The first-order valence-electron chi connectivity index (χ1n) is 8.35. The van der Waals surface area contributed by atoms with E-state index < -0.39 is 6.04 Å². The van der Waals surface area contributed by atoms with Gasteiger partial charge in [0.05, 0.1) is 12.9 Å². The molecule has 3 N–H and O–H groups in total. The van der Waals surface area contributed by atoms with Crippen LogP contribution in [0.4, 0.5) is 0 Å². The van der Waals surface area contributed by atoms with Gasteiger partial charge in [0.25, 0.3) is 5.91 Å². The molecule has 0 spiro atoms. The second-order valence-corrected chi connectivity index (χ2v) is 6.27. The number of fused-ring (bicyclic) bond motifs is 3. The quantitative estimate of drug-likeness (QED) is 0.690. The van der Waals surface area contributed by atoms with Crippen molar-refractivity contribution in [1.29, 1.82) is 0 Å². The molecule has 1 unspecified atom stereocenters. The highest BCUT2D eigenvalue weighted by Gasteiger charge is 2.19. The molecule has 1 aromatic carbocycles. The third-order valence-corrected chi connectivity index (χ3v) is 4.73. The van der Waals surface area contributed by atoms with Gasteiger partial charge in [0.1, 0.15) is 11.8 Å². The molecule has 0 aliphatic heterocycles. The molecule has 1 atom stereocenters. The Balaban J connectivity index is 1.62. The molecule has 0 fully saturated rings. The molecule has 24 heavy (non-hydrogen) atoms. The number of aliphatic hydroxyl groups excluding tert-OH is 1. The molecule has 124 valence electrons. The van der Waals surface area contributed by atoms with Crippen LogP contribution >= 0.6 is 0 Å². The number of aryl methyl sites for hydroxylation is 2. The largest absolute Gasteiger partial charge is 0.467 e. The highest BCUT2D eigenvalue weighted by molar-refractivity contribution is 5.99. The second-order valence-electron chi connectivity index (χ2n) is 6.27. The minimum Gasteiger partial charge on any atom is -0.467 e. The van der Waals surface area contributed by atoms with Crippen LogP contribution in [0.25, 0.3) is 10.9 Å². The van der Waals surface area contributed by atoms with Crippen LogP contribution in [0.1, 0.15) is 46.3 Å². The van der Waals surface area contributed by atoms with Gasteiger partial charge < -0.3 is 19.8 Å². The second kappa shape index (κ2) is 6.17. The van der Waals surface area contributed by atoms with Crippen LogP contribution in [-0.4, -0.2) is 22.6 Å². The predicted molar refractivity (Wildman–Crippen MR) is 90.9 cm³/mol. The minimum atomic E-state index is -0.539. The van der Waals surface area contributed by atoms with E-state index >= 15 is 0 Å². The summed E-state index contributed by atoms with van der Waals surface area (Å²) in [6, 6.07) is 8.67. The van der Waals surface area contributed by atoms with Crippen LogP contribution in [0.5, 0.6) is 0 Å². The van der Waals surface area contributed by atoms with Crippen molar-refractivity contribution in [1.82, 2.24) is 10.3 Å². The zero-order valence-corrected chi connectivity index (χ0v) is 13.3. The summed E-state index contributed by atoms with van der Waals surface area (Å²) in [6.07, 6.45) is 6.08.